The lowest BCUT2D eigenvalue weighted by molar-refractivity contribution is -0.146. The topological polar surface area (TPSA) is 124 Å². The number of aromatic nitrogens is 2. The van der Waals surface area contributed by atoms with Crippen LogP contribution in [-0.4, -0.2) is 54.1 Å². The molecule has 0 bridgehead atoms. The van der Waals surface area contributed by atoms with E-state index in [-0.39, 0.29) is 30.4 Å². The van der Waals surface area contributed by atoms with E-state index in [0.29, 0.717) is 55.8 Å². The van der Waals surface area contributed by atoms with Gasteiger partial charge in [-0.25, -0.2) is 9.97 Å². The van der Waals surface area contributed by atoms with Gasteiger partial charge in [-0.05, 0) is 112 Å². The number of aryl methyl sites for hydroxylation is 1. The number of oxazole rings is 1. The number of carbonyl (C=O) groups excluding carboxylic acids is 3. The van der Waals surface area contributed by atoms with Gasteiger partial charge in [0.05, 0.1) is 7.11 Å². The average molecular weight is 643 g/mol. The molecule has 6 rings (SSSR count). The fourth-order valence-electron chi connectivity index (χ4n) is 7.19. The highest BCUT2D eigenvalue weighted by molar-refractivity contribution is 5.94. The molecule has 47 heavy (non-hydrogen) atoms. The fourth-order valence-corrected chi connectivity index (χ4v) is 7.19. The number of methoxy groups -OCH3 is 1. The second kappa shape index (κ2) is 14.7. The molecule has 3 aromatic rings. The van der Waals surface area contributed by atoms with Gasteiger partial charge in [0.2, 0.25) is 5.91 Å². The first kappa shape index (κ1) is 32.7. The van der Waals surface area contributed by atoms with Crippen LogP contribution < -0.4 is 15.0 Å². The van der Waals surface area contributed by atoms with Gasteiger partial charge in [-0.1, -0.05) is 12.1 Å². The predicted molar refractivity (Wildman–Crippen MR) is 177 cm³/mol. The zero-order valence-electron chi connectivity index (χ0n) is 27.7. The number of benzene rings is 1. The maximum Gasteiger partial charge on any atom is 0.303 e. The monoisotopic (exact) mass is 642 g/mol. The molecule has 1 aromatic carbocycles. The number of ether oxygens (including phenoxy) is 2. The first-order valence-electron chi connectivity index (χ1n) is 17.1. The van der Waals surface area contributed by atoms with E-state index >= 15 is 0 Å². The molecule has 3 fully saturated rings. The summed E-state index contributed by atoms with van der Waals surface area (Å²) >= 11 is 0. The van der Waals surface area contributed by atoms with Crippen LogP contribution in [0.1, 0.15) is 100.0 Å². The maximum absolute atomic E-state index is 14.3. The van der Waals surface area contributed by atoms with Crippen LogP contribution in [0.5, 0.6) is 5.75 Å². The molecule has 0 radical (unpaired) electrons. The lowest BCUT2D eigenvalue weighted by atomic mass is 9.78. The highest BCUT2D eigenvalue weighted by Crippen LogP contribution is 2.41. The van der Waals surface area contributed by atoms with Crippen LogP contribution in [-0.2, 0) is 19.1 Å². The van der Waals surface area contributed by atoms with Crippen LogP contribution in [0.2, 0.25) is 0 Å². The van der Waals surface area contributed by atoms with E-state index in [4.69, 9.17) is 23.9 Å². The zero-order valence-corrected chi connectivity index (χ0v) is 27.7. The third-order valence-electron chi connectivity index (χ3n) is 10.1. The third-order valence-corrected chi connectivity index (χ3v) is 10.1. The van der Waals surface area contributed by atoms with E-state index in [9.17, 15) is 14.4 Å². The first-order chi connectivity index (χ1) is 22.8. The van der Waals surface area contributed by atoms with Gasteiger partial charge in [0.25, 0.3) is 5.91 Å². The van der Waals surface area contributed by atoms with Gasteiger partial charge >= 0.3 is 5.97 Å². The van der Waals surface area contributed by atoms with Crippen LogP contribution in [0.3, 0.4) is 0 Å². The van der Waals surface area contributed by atoms with Crippen molar-refractivity contribution >= 4 is 23.6 Å². The number of nitrogens with zero attached hydrogens (tertiary/aromatic N) is 3. The quantitative estimate of drug-likeness (QED) is 0.236. The Labute approximate surface area is 276 Å². The molecule has 3 saturated carbocycles. The Morgan fingerprint density at radius 3 is 2.38 bits per heavy atom. The highest BCUT2D eigenvalue weighted by atomic mass is 16.5. The van der Waals surface area contributed by atoms with E-state index in [1.807, 2.05) is 17.0 Å². The molecular formula is C37H46N4O6. The Morgan fingerprint density at radius 2 is 1.70 bits per heavy atom. The molecule has 2 aromatic heterocycles. The van der Waals surface area contributed by atoms with Crippen molar-refractivity contribution in [1.29, 1.82) is 0 Å². The van der Waals surface area contributed by atoms with Crippen LogP contribution >= 0.6 is 0 Å². The van der Waals surface area contributed by atoms with E-state index < -0.39 is 5.97 Å². The number of amides is 2. The summed E-state index contributed by atoms with van der Waals surface area (Å²) in [5, 5.41) is 2.95. The lowest BCUT2D eigenvalue weighted by Gasteiger charge is -2.36. The molecule has 2 heterocycles. The smallest absolute Gasteiger partial charge is 0.303 e. The molecule has 0 spiro atoms. The summed E-state index contributed by atoms with van der Waals surface area (Å²) in [6.45, 7) is 3.71. The number of hydrogen-bond donors (Lipinski definition) is 1. The van der Waals surface area contributed by atoms with Gasteiger partial charge in [0.15, 0.2) is 12.5 Å². The second-order valence-corrected chi connectivity index (χ2v) is 13.5. The van der Waals surface area contributed by atoms with Crippen molar-refractivity contribution in [3.8, 4) is 17.0 Å². The summed E-state index contributed by atoms with van der Waals surface area (Å²) in [5.41, 5.74) is 4.17. The molecule has 250 valence electrons. The molecule has 0 atom stereocenters. The van der Waals surface area contributed by atoms with Crippen molar-refractivity contribution in [2.24, 2.45) is 11.8 Å². The van der Waals surface area contributed by atoms with Crippen molar-refractivity contribution < 1.29 is 28.3 Å². The summed E-state index contributed by atoms with van der Waals surface area (Å²) in [4.78, 5) is 48.9. The average Bonchev–Trinajstić information content (AvgIpc) is 3.82. The highest BCUT2D eigenvalue weighted by Gasteiger charge is 2.34. The molecule has 1 N–H and O–H groups in total. The molecule has 3 aliphatic carbocycles. The van der Waals surface area contributed by atoms with Crippen molar-refractivity contribution in [1.82, 2.24) is 15.3 Å². The molecule has 10 nitrogen and oxygen atoms in total. The Hall–Kier alpha value is -4.21. The summed E-state index contributed by atoms with van der Waals surface area (Å²) in [5.74, 6) is 2.77. The second-order valence-electron chi connectivity index (χ2n) is 13.5. The van der Waals surface area contributed by atoms with Crippen molar-refractivity contribution in [2.75, 3.05) is 25.2 Å². The Bertz CT molecular complexity index is 1570. The van der Waals surface area contributed by atoms with Crippen molar-refractivity contribution in [3.05, 3.63) is 59.8 Å². The summed E-state index contributed by atoms with van der Waals surface area (Å²) in [6.07, 6.45) is 12.6. The molecule has 0 unspecified atom stereocenters. The maximum atomic E-state index is 14.3. The number of anilines is 1. The van der Waals surface area contributed by atoms with Gasteiger partial charge in [0.1, 0.15) is 23.5 Å². The standard InChI is InChI=1S/C37H46N4O6/c1-23-18-29(12-15-33(23)45-3)26-6-4-25(5-7-26)20-41(34-19-30(16-17-38-34)32-21-47-36(40-32)27-8-9-27)37(44)28-10-13-31(14-11-28)39-35(43)22-46-24(2)42/h12,15-19,21,25-28,31H,4-11,13-14,20,22H2,1-3H3,(H,39,43)/t25-,26-,28-,31-. The van der Waals surface area contributed by atoms with Gasteiger partial charge in [-0.3, -0.25) is 19.3 Å². The molecule has 10 heteroatoms. The minimum Gasteiger partial charge on any atom is -0.496 e. The zero-order chi connectivity index (χ0) is 32.9. The molecule has 0 saturated heterocycles. The van der Waals surface area contributed by atoms with Gasteiger partial charge < -0.3 is 19.2 Å². The minimum absolute atomic E-state index is 0.0401. The Morgan fingerprint density at radius 1 is 0.957 bits per heavy atom. The van der Waals surface area contributed by atoms with Crippen LogP contribution in [0.15, 0.2) is 47.2 Å². The molecule has 2 amide bonds. The van der Waals surface area contributed by atoms with Gasteiger partial charge in [-0.2, -0.15) is 0 Å². The number of nitrogens with one attached hydrogen (secondary N) is 1. The van der Waals surface area contributed by atoms with Gasteiger partial charge in [-0.15, -0.1) is 0 Å². The summed E-state index contributed by atoms with van der Waals surface area (Å²) in [7, 11) is 1.71. The first-order valence-corrected chi connectivity index (χ1v) is 17.1. The minimum atomic E-state index is -0.483. The van der Waals surface area contributed by atoms with E-state index in [2.05, 4.69) is 30.4 Å². The number of pyridine rings is 1. The van der Waals surface area contributed by atoms with Gasteiger partial charge in [0, 0.05) is 43.1 Å². The molecular weight excluding hydrogens is 596 g/mol. The lowest BCUT2D eigenvalue weighted by Crippen LogP contribution is -2.45. The van der Waals surface area contributed by atoms with Crippen molar-refractivity contribution in [3.63, 3.8) is 0 Å². The van der Waals surface area contributed by atoms with E-state index in [1.54, 1.807) is 19.6 Å². The van der Waals surface area contributed by atoms with E-state index in [0.717, 1.165) is 67.0 Å². The van der Waals surface area contributed by atoms with Crippen molar-refractivity contribution in [2.45, 2.75) is 95.9 Å². The number of esters is 1. The number of carbonyl (C=O) groups is 3. The number of rotatable bonds is 11. The predicted octanol–water partition coefficient (Wildman–Crippen LogP) is 6.48. The largest absolute Gasteiger partial charge is 0.496 e. The summed E-state index contributed by atoms with van der Waals surface area (Å²) < 4.78 is 16.1. The van der Waals surface area contributed by atoms with Crippen LogP contribution in [0.25, 0.3) is 11.3 Å². The Kier molecular flexibility index (Phi) is 10.2. The summed E-state index contributed by atoms with van der Waals surface area (Å²) in [6, 6.07) is 10.4. The molecule has 0 aliphatic heterocycles. The number of hydrogen-bond acceptors (Lipinski definition) is 8. The van der Waals surface area contributed by atoms with E-state index in [1.165, 1.54) is 12.5 Å². The SMILES string of the molecule is COc1ccc([C@H]2CC[C@H](CN(c3cc(-c4coc(C5CC5)n4)ccn3)C(=O)[C@H]3CC[C@H](NC(=O)COC(C)=O)CC3)CC2)cc1C. The fraction of sp³-hybridized carbons (Fsp3) is 0.541. The Balaban J connectivity index is 1.14. The van der Waals surface area contributed by atoms with Crippen LogP contribution in [0, 0.1) is 18.8 Å². The normalized spacial score (nSPS) is 22.7. The molecule has 3 aliphatic rings. The van der Waals surface area contributed by atoms with Crippen LogP contribution in [0.4, 0.5) is 5.82 Å². The third kappa shape index (κ3) is 8.21.